The molecule has 11 nitrogen and oxygen atoms in total. The minimum Gasteiger partial charge on any atom is -0.493 e. The summed E-state index contributed by atoms with van der Waals surface area (Å²) in [4.78, 5) is 55.9. The van der Waals surface area contributed by atoms with E-state index in [1.54, 1.807) is 24.3 Å². The van der Waals surface area contributed by atoms with Crippen molar-refractivity contribution in [3.63, 3.8) is 0 Å². The Bertz CT molecular complexity index is 1830. The predicted octanol–water partition coefficient (Wildman–Crippen LogP) is 6.64. The number of Topliss-reactive ketones (excluding diaryl/α,β-unsaturated/α-hetero) is 2. The first-order valence-electron chi connectivity index (χ1n) is 13.9. The van der Waals surface area contributed by atoms with Gasteiger partial charge < -0.3 is 33.8 Å². The number of carboxylic acid groups (broad SMARTS) is 1. The third kappa shape index (κ3) is 7.67. The summed E-state index contributed by atoms with van der Waals surface area (Å²) in [5.74, 6) is 0.112. The van der Waals surface area contributed by atoms with Crippen molar-refractivity contribution < 1.29 is 52.8 Å². The van der Waals surface area contributed by atoms with Crippen LogP contribution in [0.5, 0.6) is 23.0 Å². The molecule has 0 amide bonds. The molecule has 0 saturated carbocycles. The summed E-state index contributed by atoms with van der Waals surface area (Å²) in [7, 11) is -1.45. The Morgan fingerprint density at radius 3 is 1.64 bits per heavy atom. The maximum atomic E-state index is 12.9. The summed E-state index contributed by atoms with van der Waals surface area (Å²) in [5.41, 5.74) is 0.349. The smallest absolute Gasteiger partial charge is 0.333 e. The standard InChI is InChI=1S/C31H35O11PS2/c1-16-18-10-26(20(32)14-31(3,4)30(34)35)44-24(18)12-22(39-5)28(16)41-8-7-9-42-29-17(2)19-11-27(21(33)15-43(36,37)38)45-25(19)13-23(29)40-6/h10-13H,7-9,14-15H2,1-6H3,(H,34,35)(H2,36,37,38). The molecule has 2 aromatic carbocycles. The Balaban J connectivity index is 1.46. The number of carbonyl (C=O) groups is 3. The molecule has 14 heteroatoms. The van der Waals surface area contributed by atoms with Crippen LogP contribution < -0.4 is 18.9 Å². The maximum Gasteiger partial charge on any atom is 0.333 e. The van der Waals surface area contributed by atoms with E-state index in [2.05, 4.69) is 0 Å². The van der Waals surface area contributed by atoms with Crippen LogP contribution in [0, 0.1) is 19.3 Å². The summed E-state index contributed by atoms with van der Waals surface area (Å²) in [6.45, 7) is 7.32. The van der Waals surface area contributed by atoms with Crippen LogP contribution in [0.4, 0.5) is 0 Å². The third-order valence-electron chi connectivity index (χ3n) is 7.28. The van der Waals surface area contributed by atoms with Gasteiger partial charge in [0.25, 0.3) is 0 Å². The van der Waals surface area contributed by atoms with E-state index >= 15 is 0 Å². The first kappa shape index (κ1) is 34.4. The van der Waals surface area contributed by atoms with Crippen LogP contribution in [0.15, 0.2) is 24.3 Å². The molecule has 0 fully saturated rings. The van der Waals surface area contributed by atoms with Crippen LogP contribution in [0.3, 0.4) is 0 Å². The van der Waals surface area contributed by atoms with Crippen molar-refractivity contribution in [2.24, 2.45) is 5.41 Å². The van der Waals surface area contributed by atoms with Crippen LogP contribution in [0.25, 0.3) is 20.2 Å². The molecule has 0 unspecified atom stereocenters. The number of carbonyl (C=O) groups excluding carboxylic acids is 2. The molecule has 2 heterocycles. The third-order valence-corrected chi connectivity index (χ3v) is 10.2. The largest absolute Gasteiger partial charge is 0.493 e. The van der Waals surface area contributed by atoms with Crippen molar-refractivity contribution in [2.75, 3.05) is 33.6 Å². The SMILES string of the molecule is COc1cc2sc(C(=O)CC(C)(C)C(=O)O)cc2c(C)c1OCCCOc1c(OC)cc2sc(C(=O)CP(=O)(O)O)cc2c1C. The van der Waals surface area contributed by atoms with Crippen molar-refractivity contribution in [1.82, 2.24) is 0 Å². The lowest BCUT2D eigenvalue weighted by Gasteiger charge is -2.17. The molecule has 4 aromatic rings. The van der Waals surface area contributed by atoms with Gasteiger partial charge in [-0.05, 0) is 39.8 Å². The Hall–Kier alpha value is -3.48. The highest BCUT2D eigenvalue weighted by molar-refractivity contribution is 7.53. The molecule has 0 spiro atoms. The van der Waals surface area contributed by atoms with Crippen molar-refractivity contribution in [1.29, 1.82) is 0 Å². The van der Waals surface area contributed by atoms with Gasteiger partial charge >= 0.3 is 13.6 Å². The predicted molar refractivity (Wildman–Crippen MR) is 173 cm³/mol. The van der Waals surface area contributed by atoms with Gasteiger partial charge in [-0.3, -0.25) is 18.9 Å². The number of aryl methyl sites for hydroxylation is 2. The van der Waals surface area contributed by atoms with Gasteiger partial charge in [-0.2, -0.15) is 0 Å². The van der Waals surface area contributed by atoms with Crippen LogP contribution in [0.2, 0.25) is 0 Å². The lowest BCUT2D eigenvalue weighted by Crippen LogP contribution is -2.26. The Morgan fingerprint density at radius 2 is 1.24 bits per heavy atom. The highest BCUT2D eigenvalue weighted by atomic mass is 32.1. The van der Waals surface area contributed by atoms with Gasteiger partial charge in [0.05, 0.1) is 42.6 Å². The number of rotatable bonds is 15. The molecule has 0 bridgehead atoms. The minimum absolute atomic E-state index is 0.117. The molecule has 0 aliphatic carbocycles. The van der Waals surface area contributed by atoms with E-state index in [-0.39, 0.29) is 30.3 Å². The molecule has 0 radical (unpaired) electrons. The normalized spacial score (nSPS) is 12.0. The highest BCUT2D eigenvalue weighted by Crippen LogP contribution is 2.43. The molecule has 45 heavy (non-hydrogen) atoms. The van der Waals surface area contributed by atoms with Crippen molar-refractivity contribution in [3.05, 3.63) is 45.1 Å². The number of ether oxygens (including phenoxy) is 4. The van der Waals surface area contributed by atoms with Gasteiger partial charge in [-0.15, -0.1) is 22.7 Å². The van der Waals surface area contributed by atoms with Gasteiger partial charge in [-0.25, -0.2) is 0 Å². The number of benzene rings is 2. The molecule has 0 atom stereocenters. The van der Waals surface area contributed by atoms with Gasteiger partial charge in [0.1, 0.15) is 6.16 Å². The number of carboxylic acids is 1. The average molecular weight is 679 g/mol. The zero-order chi connectivity index (χ0) is 33.3. The van der Waals surface area contributed by atoms with Crippen molar-refractivity contribution in [2.45, 2.75) is 40.5 Å². The van der Waals surface area contributed by atoms with Gasteiger partial charge in [0.15, 0.2) is 34.6 Å². The molecule has 0 saturated heterocycles. The first-order chi connectivity index (χ1) is 21.1. The second kappa shape index (κ2) is 13.5. The Kier molecular flexibility index (Phi) is 10.3. The summed E-state index contributed by atoms with van der Waals surface area (Å²) in [6.07, 6.45) is -0.476. The second-order valence-corrected chi connectivity index (χ2v) is 15.0. The van der Waals surface area contributed by atoms with Crippen LogP contribution in [-0.4, -0.2) is 66.0 Å². The monoisotopic (exact) mass is 678 g/mol. The molecule has 242 valence electrons. The average Bonchev–Trinajstić information content (AvgIpc) is 3.58. The summed E-state index contributed by atoms with van der Waals surface area (Å²) < 4.78 is 36.2. The number of hydrogen-bond acceptors (Lipinski definition) is 10. The number of thiophene rings is 2. The summed E-state index contributed by atoms with van der Waals surface area (Å²) in [5, 5.41) is 11.0. The topological polar surface area (TPSA) is 166 Å². The second-order valence-electron chi connectivity index (χ2n) is 11.2. The summed E-state index contributed by atoms with van der Waals surface area (Å²) >= 11 is 2.43. The zero-order valence-electron chi connectivity index (χ0n) is 25.7. The molecule has 0 aliphatic rings. The van der Waals surface area contributed by atoms with Crippen molar-refractivity contribution >= 4 is 68.0 Å². The number of hydrogen-bond donors (Lipinski definition) is 3. The van der Waals surface area contributed by atoms with Gasteiger partial charge in [0.2, 0.25) is 0 Å². The molecule has 2 aromatic heterocycles. The molecular formula is C31H35O11PS2. The van der Waals surface area contributed by atoms with E-state index in [1.807, 2.05) is 13.8 Å². The quantitative estimate of drug-likeness (QED) is 0.0701. The number of methoxy groups -OCH3 is 2. The van der Waals surface area contributed by atoms with Crippen molar-refractivity contribution in [3.8, 4) is 23.0 Å². The maximum absolute atomic E-state index is 12.9. The fourth-order valence-electron chi connectivity index (χ4n) is 4.77. The van der Waals surface area contributed by atoms with Crippen LogP contribution in [-0.2, 0) is 9.36 Å². The van der Waals surface area contributed by atoms with E-state index in [0.29, 0.717) is 34.3 Å². The lowest BCUT2D eigenvalue weighted by molar-refractivity contribution is -0.146. The fraction of sp³-hybridized carbons (Fsp3) is 0.387. The van der Waals surface area contributed by atoms with E-state index in [0.717, 1.165) is 42.6 Å². The number of ketones is 2. The molecule has 4 rings (SSSR count). The first-order valence-corrected chi connectivity index (χ1v) is 17.3. The van der Waals surface area contributed by atoms with E-state index in [4.69, 9.17) is 18.9 Å². The minimum atomic E-state index is -4.49. The number of aliphatic carboxylic acids is 1. The van der Waals surface area contributed by atoms with Gasteiger partial charge in [0, 0.05) is 56.3 Å². The number of fused-ring (bicyclic) bond motifs is 2. The van der Waals surface area contributed by atoms with E-state index in [9.17, 15) is 33.8 Å². The van der Waals surface area contributed by atoms with E-state index < -0.39 is 30.9 Å². The van der Waals surface area contributed by atoms with Gasteiger partial charge in [-0.1, -0.05) is 0 Å². The molecular weight excluding hydrogens is 643 g/mol. The highest BCUT2D eigenvalue weighted by Gasteiger charge is 2.31. The zero-order valence-corrected chi connectivity index (χ0v) is 28.2. The molecule has 3 N–H and O–H groups in total. The fourth-order valence-corrected chi connectivity index (χ4v) is 7.59. The summed E-state index contributed by atoms with van der Waals surface area (Å²) in [6, 6.07) is 6.93. The van der Waals surface area contributed by atoms with Crippen LogP contribution in [0.1, 0.15) is 57.2 Å². The van der Waals surface area contributed by atoms with Crippen LogP contribution >= 0.6 is 30.3 Å². The Labute approximate surface area is 267 Å². The molecule has 0 aliphatic heterocycles. The van der Waals surface area contributed by atoms with E-state index in [1.165, 1.54) is 39.4 Å². The lowest BCUT2D eigenvalue weighted by atomic mass is 9.87. The Morgan fingerprint density at radius 1 is 0.800 bits per heavy atom.